The van der Waals surface area contributed by atoms with Gasteiger partial charge in [0.25, 0.3) is 11.8 Å². The number of nitrogens with one attached hydrogen (secondary N) is 2. The largest absolute Gasteiger partial charge is 0.545 e. The van der Waals surface area contributed by atoms with Gasteiger partial charge >= 0.3 is 0 Å². The first-order valence-corrected chi connectivity index (χ1v) is 8.65. The lowest BCUT2D eigenvalue weighted by molar-refractivity contribution is -0.255. The van der Waals surface area contributed by atoms with Gasteiger partial charge in [0.1, 0.15) is 5.75 Å². The van der Waals surface area contributed by atoms with Crippen LogP contribution in [0.2, 0.25) is 0 Å². The third kappa shape index (κ3) is 4.78. The standard InChI is InChI=1S/C22H18N2O5/c1-29-17-12-8-14(9-13-17)20(25)24-19-5-3-2-4-18(19)21(26)23-16-10-6-15(7-11-16)22(27)28/h2-13H,1H3,(H,23,26)(H,24,25)(H,27,28)/p-1. The van der Waals surface area contributed by atoms with Crippen LogP contribution in [0.1, 0.15) is 31.1 Å². The number of benzene rings is 3. The van der Waals surface area contributed by atoms with Crippen LogP contribution < -0.4 is 20.5 Å². The summed E-state index contributed by atoms with van der Waals surface area (Å²) in [5.74, 6) is -1.48. The Balaban J connectivity index is 1.76. The maximum absolute atomic E-state index is 12.6. The average molecular weight is 389 g/mol. The Hall–Kier alpha value is -4.13. The van der Waals surface area contributed by atoms with E-state index in [2.05, 4.69) is 10.6 Å². The quantitative estimate of drug-likeness (QED) is 0.674. The first-order chi connectivity index (χ1) is 14.0. The molecule has 0 aromatic heterocycles. The highest BCUT2D eigenvalue weighted by molar-refractivity contribution is 6.12. The Morgan fingerprint density at radius 3 is 2.00 bits per heavy atom. The van der Waals surface area contributed by atoms with Crippen molar-refractivity contribution in [2.75, 3.05) is 17.7 Å². The van der Waals surface area contributed by atoms with Crippen molar-refractivity contribution in [2.24, 2.45) is 0 Å². The molecular formula is C22H17N2O5-. The van der Waals surface area contributed by atoms with Crippen LogP contribution in [0, 0.1) is 0 Å². The molecule has 3 rings (SSSR count). The van der Waals surface area contributed by atoms with E-state index in [9.17, 15) is 19.5 Å². The molecule has 0 spiro atoms. The van der Waals surface area contributed by atoms with Gasteiger partial charge < -0.3 is 25.3 Å². The molecule has 3 aromatic carbocycles. The summed E-state index contributed by atoms with van der Waals surface area (Å²) in [6.45, 7) is 0. The third-order valence-electron chi connectivity index (χ3n) is 4.15. The van der Waals surface area contributed by atoms with E-state index in [0.717, 1.165) is 0 Å². The molecule has 0 aliphatic heterocycles. The minimum absolute atomic E-state index is 0.00940. The number of methoxy groups -OCH3 is 1. The number of carboxylic acid groups (broad SMARTS) is 1. The van der Waals surface area contributed by atoms with Crippen molar-refractivity contribution >= 4 is 29.2 Å². The first-order valence-electron chi connectivity index (χ1n) is 8.65. The van der Waals surface area contributed by atoms with Gasteiger partial charge in [-0.25, -0.2) is 0 Å². The van der Waals surface area contributed by atoms with Gasteiger partial charge in [0.2, 0.25) is 0 Å². The Bertz CT molecular complexity index is 1040. The van der Waals surface area contributed by atoms with Crippen LogP contribution in [0.4, 0.5) is 11.4 Å². The lowest BCUT2D eigenvalue weighted by Crippen LogP contribution is -2.22. The molecular weight excluding hydrogens is 372 g/mol. The number of ether oxygens (including phenoxy) is 1. The molecule has 0 saturated carbocycles. The third-order valence-corrected chi connectivity index (χ3v) is 4.15. The minimum atomic E-state index is -1.30. The minimum Gasteiger partial charge on any atom is -0.545 e. The summed E-state index contributed by atoms with van der Waals surface area (Å²) < 4.78 is 5.07. The smallest absolute Gasteiger partial charge is 0.257 e. The second-order valence-corrected chi connectivity index (χ2v) is 6.05. The molecule has 7 heteroatoms. The number of para-hydroxylation sites is 1. The molecule has 2 N–H and O–H groups in total. The maximum atomic E-state index is 12.6. The van der Waals surface area contributed by atoms with E-state index in [4.69, 9.17) is 4.74 Å². The fourth-order valence-corrected chi connectivity index (χ4v) is 2.62. The summed E-state index contributed by atoms with van der Waals surface area (Å²) in [6.07, 6.45) is 0. The van der Waals surface area contributed by atoms with Crippen LogP contribution in [0.5, 0.6) is 5.75 Å². The lowest BCUT2D eigenvalue weighted by atomic mass is 10.1. The van der Waals surface area contributed by atoms with E-state index in [-0.39, 0.29) is 17.0 Å². The van der Waals surface area contributed by atoms with Gasteiger partial charge in [-0.05, 0) is 54.1 Å². The molecule has 0 atom stereocenters. The van der Waals surface area contributed by atoms with Crippen molar-refractivity contribution in [3.63, 3.8) is 0 Å². The van der Waals surface area contributed by atoms with Gasteiger partial charge in [-0.1, -0.05) is 24.3 Å². The van der Waals surface area contributed by atoms with Crippen molar-refractivity contribution < 1.29 is 24.2 Å². The van der Waals surface area contributed by atoms with Crippen LogP contribution in [0.3, 0.4) is 0 Å². The van der Waals surface area contributed by atoms with Crippen LogP contribution >= 0.6 is 0 Å². The number of hydrogen-bond acceptors (Lipinski definition) is 5. The second-order valence-electron chi connectivity index (χ2n) is 6.05. The predicted octanol–water partition coefficient (Wildman–Crippen LogP) is 2.56. The van der Waals surface area contributed by atoms with Gasteiger partial charge in [0.15, 0.2) is 0 Å². The van der Waals surface area contributed by atoms with E-state index >= 15 is 0 Å². The van der Waals surface area contributed by atoms with Crippen molar-refractivity contribution in [1.82, 2.24) is 0 Å². The molecule has 0 fully saturated rings. The monoisotopic (exact) mass is 389 g/mol. The molecule has 0 bridgehead atoms. The van der Waals surface area contributed by atoms with Crippen molar-refractivity contribution in [1.29, 1.82) is 0 Å². The Morgan fingerprint density at radius 1 is 0.759 bits per heavy atom. The van der Waals surface area contributed by atoms with Crippen molar-refractivity contribution in [3.8, 4) is 5.75 Å². The Morgan fingerprint density at radius 2 is 1.38 bits per heavy atom. The highest BCUT2D eigenvalue weighted by Crippen LogP contribution is 2.19. The number of amides is 2. The zero-order valence-electron chi connectivity index (χ0n) is 15.5. The molecule has 0 aliphatic carbocycles. The molecule has 0 aliphatic rings. The molecule has 0 unspecified atom stereocenters. The van der Waals surface area contributed by atoms with Crippen LogP contribution in [0.15, 0.2) is 72.8 Å². The molecule has 2 amide bonds. The van der Waals surface area contributed by atoms with Gasteiger partial charge in [0, 0.05) is 11.3 Å². The van der Waals surface area contributed by atoms with Gasteiger partial charge in [-0.15, -0.1) is 0 Å². The van der Waals surface area contributed by atoms with Crippen LogP contribution in [-0.2, 0) is 0 Å². The highest BCUT2D eigenvalue weighted by atomic mass is 16.5. The number of carboxylic acids is 1. The second kappa shape index (κ2) is 8.71. The van der Waals surface area contributed by atoms with Crippen molar-refractivity contribution in [2.45, 2.75) is 0 Å². The van der Waals surface area contributed by atoms with E-state index in [0.29, 0.717) is 22.7 Å². The summed E-state index contributed by atoms with van der Waals surface area (Å²) in [7, 11) is 1.54. The predicted molar refractivity (Wildman–Crippen MR) is 106 cm³/mol. The Labute approximate surface area is 166 Å². The fourth-order valence-electron chi connectivity index (χ4n) is 2.62. The molecule has 146 valence electrons. The number of anilines is 2. The van der Waals surface area contributed by atoms with Gasteiger partial charge in [-0.2, -0.15) is 0 Å². The lowest BCUT2D eigenvalue weighted by Gasteiger charge is -2.12. The zero-order valence-corrected chi connectivity index (χ0v) is 15.5. The summed E-state index contributed by atoms with van der Waals surface area (Å²) in [5.41, 5.74) is 1.45. The summed E-state index contributed by atoms with van der Waals surface area (Å²) in [4.78, 5) is 36.0. The topological polar surface area (TPSA) is 108 Å². The number of rotatable bonds is 6. The normalized spacial score (nSPS) is 10.1. The fraction of sp³-hybridized carbons (Fsp3) is 0.0455. The number of carbonyl (C=O) groups excluding carboxylic acids is 3. The summed E-state index contributed by atoms with van der Waals surface area (Å²) in [5, 5.41) is 16.2. The van der Waals surface area contributed by atoms with E-state index in [1.165, 1.54) is 31.4 Å². The average Bonchev–Trinajstić information content (AvgIpc) is 2.74. The Kier molecular flexibility index (Phi) is 5.89. The van der Waals surface area contributed by atoms with Gasteiger partial charge in [-0.3, -0.25) is 9.59 Å². The number of carbonyl (C=O) groups is 3. The zero-order chi connectivity index (χ0) is 20.8. The van der Waals surface area contributed by atoms with Crippen molar-refractivity contribution in [3.05, 3.63) is 89.5 Å². The number of hydrogen-bond donors (Lipinski definition) is 2. The van der Waals surface area contributed by atoms with E-state index in [1.807, 2.05) is 0 Å². The molecule has 29 heavy (non-hydrogen) atoms. The summed E-state index contributed by atoms with van der Waals surface area (Å²) in [6, 6.07) is 18.8. The van der Waals surface area contributed by atoms with Crippen LogP contribution in [0.25, 0.3) is 0 Å². The molecule has 0 saturated heterocycles. The van der Waals surface area contributed by atoms with Crippen LogP contribution in [-0.4, -0.2) is 24.9 Å². The molecule has 7 nitrogen and oxygen atoms in total. The summed E-state index contributed by atoms with van der Waals surface area (Å²) >= 11 is 0. The SMILES string of the molecule is COc1ccc(C(=O)Nc2ccccc2C(=O)Nc2ccc(C(=O)[O-])cc2)cc1. The van der Waals surface area contributed by atoms with E-state index < -0.39 is 11.9 Å². The van der Waals surface area contributed by atoms with Gasteiger partial charge in [0.05, 0.1) is 24.3 Å². The van der Waals surface area contributed by atoms with E-state index in [1.54, 1.807) is 48.5 Å². The molecule has 0 heterocycles. The maximum Gasteiger partial charge on any atom is 0.257 e. The first kappa shape index (κ1) is 19.6. The number of aromatic carboxylic acids is 1. The molecule has 0 radical (unpaired) electrons. The highest BCUT2D eigenvalue weighted by Gasteiger charge is 2.14. The molecule has 3 aromatic rings.